The van der Waals surface area contributed by atoms with Crippen molar-refractivity contribution >= 4 is 34.8 Å². The molecule has 0 atom stereocenters. The average Bonchev–Trinajstić information content (AvgIpc) is 2.28. The van der Waals surface area contributed by atoms with Crippen LogP contribution in [-0.2, 0) is 6.61 Å². The van der Waals surface area contributed by atoms with Crippen LogP contribution in [-0.4, -0.2) is 15.1 Å². The number of halogens is 3. The van der Waals surface area contributed by atoms with E-state index in [-0.39, 0.29) is 6.61 Å². The fourth-order valence-corrected chi connectivity index (χ4v) is 2.31. The molecule has 0 radical (unpaired) electrons. The number of rotatable bonds is 2. The third kappa shape index (κ3) is 2.69. The van der Waals surface area contributed by atoms with Crippen LogP contribution in [0.1, 0.15) is 5.56 Å². The van der Waals surface area contributed by atoms with Crippen LogP contribution in [0.2, 0.25) is 15.1 Å². The molecule has 0 aliphatic carbocycles. The Morgan fingerprint density at radius 1 is 1.00 bits per heavy atom. The molecule has 2 aromatic rings. The minimum absolute atomic E-state index is 0.109. The molecule has 88 valence electrons. The normalized spacial score (nSPS) is 10.6. The lowest BCUT2D eigenvalue weighted by atomic mass is 10.2. The van der Waals surface area contributed by atoms with Gasteiger partial charge in [-0.15, -0.1) is 0 Å². The molecule has 1 aromatic carbocycles. The van der Waals surface area contributed by atoms with Gasteiger partial charge in [0.25, 0.3) is 0 Å². The standard InChI is InChI=1S/C11H7Cl3N2O/c12-7-1-8(13)10(9(14)2-7)11-15-3-6(5-17)4-16-11/h1-4,17H,5H2. The minimum atomic E-state index is -0.109. The number of hydrogen-bond acceptors (Lipinski definition) is 3. The summed E-state index contributed by atoms with van der Waals surface area (Å²) in [6.45, 7) is -0.109. The van der Waals surface area contributed by atoms with Crippen molar-refractivity contribution in [2.75, 3.05) is 0 Å². The Morgan fingerprint density at radius 2 is 1.53 bits per heavy atom. The maximum Gasteiger partial charge on any atom is 0.162 e. The molecule has 0 amide bonds. The molecular weight excluding hydrogens is 282 g/mol. The quantitative estimate of drug-likeness (QED) is 0.919. The first-order valence-corrected chi connectivity index (χ1v) is 5.82. The first-order chi connectivity index (χ1) is 8.11. The molecule has 0 aliphatic heterocycles. The van der Waals surface area contributed by atoms with Crippen LogP contribution < -0.4 is 0 Å². The topological polar surface area (TPSA) is 46.0 Å². The molecule has 17 heavy (non-hydrogen) atoms. The molecule has 3 nitrogen and oxygen atoms in total. The fourth-order valence-electron chi connectivity index (χ4n) is 1.32. The molecule has 1 N–H and O–H groups in total. The second kappa shape index (κ2) is 5.19. The van der Waals surface area contributed by atoms with Gasteiger partial charge in [0.05, 0.1) is 22.2 Å². The summed E-state index contributed by atoms with van der Waals surface area (Å²) in [6, 6.07) is 3.15. The Balaban J connectivity index is 2.52. The predicted molar refractivity (Wildman–Crippen MR) is 68.4 cm³/mol. The highest BCUT2D eigenvalue weighted by molar-refractivity contribution is 6.41. The van der Waals surface area contributed by atoms with Gasteiger partial charge in [0.1, 0.15) is 0 Å². The number of nitrogens with zero attached hydrogens (tertiary/aromatic N) is 2. The summed E-state index contributed by atoms with van der Waals surface area (Å²) < 4.78 is 0. The number of aliphatic hydroxyl groups is 1. The number of benzene rings is 1. The summed E-state index contributed by atoms with van der Waals surface area (Å²) >= 11 is 17.9. The zero-order valence-electron chi connectivity index (χ0n) is 8.49. The van der Waals surface area contributed by atoms with Gasteiger partial charge in [-0.2, -0.15) is 0 Å². The van der Waals surface area contributed by atoms with Crippen molar-refractivity contribution in [1.82, 2.24) is 9.97 Å². The van der Waals surface area contributed by atoms with Crippen molar-refractivity contribution in [3.05, 3.63) is 45.2 Å². The SMILES string of the molecule is OCc1cnc(-c2c(Cl)cc(Cl)cc2Cl)nc1. The molecule has 0 unspecified atom stereocenters. The van der Waals surface area contributed by atoms with E-state index in [4.69, 9.17) is 39.9 Å². The molecule has 0 saturated heterocycles. The van der Waals surface area contributed by atoms with E-state index in [2.05, 4.69) is 9.97 Å². The van der Waals surface area contributed by atoms with Gasteiger partial charge in [-0.1, -0.05) is 34.8 Å². The fraction of sp³-hybridized carbons (Fsp3) is 0.0909. The van der Waals surface area contributed by atoms with Crippen molar-refractivity contribution in [2.24, 2.45) is 0 Å². The smallest absolute Gasteiger partial charge is 0.162 e. The molecule has 1 aromatic heterocycles. The van der Waals surface area contributed by atoms with E-state index in [1.54, 1.807) is 12.1 Å². The maximum absolute atomic E-state index is 8.90. The molecular formula is C11H7Cl3N2O. The van der Waals surface area contributed by atoms with E-state index in [9.17, 15) is 0 Å². The number of aliphatic hydroxyl groups excluding tert-OH is 1. The first kappa shape index (κ1) is 12.6. The Hall–Kier alpha value is -0.870. The zero-order chi connectivity index (χ0) is 12.4. The van der Waals surface area contributed by atoms with Gasteiger partial charge in [0.2, 0.25) is 0 Å². The van der Waals surface area contributed by atoms with Gasteiger partial charge in [-0.05, 0) is 12.1 Å². The average molecular weight is 290 g/mol. The van der Waals surface area contributed by atoms with Crippen molar-refractivity contribution in [3.8, 4) is 11.4 Å². The third-order valence-electron chi connectivity index (χ3n) is 2.12. The van der Waals surface area contributed by atoms with Crippen molar-refractivity contribution in [3.63, 3.8) is 0 Å². The lowest BCUT2D eigenvalue weighted by Gasteiger charge is -2.06. The van der Waals surface area contributed by atoms with Crippen LogP contribution in [0.5, 0.6) is 0 Å². The molecule has 1 heterocycles. The third-order valence-corrected chi connectivity index (χ3v) is 2.93. The molecule has 0 fully saturated rings. The minimum Gasteiger partial charge on any atom is -0.392 e. The molecule has 0 spiro atoms. The van der Waals surface area contributed by atoms with E-state index in [1.165, 1.54) is 12.4 Å². The summed E-state index contributed by atoms with van der Waals surface area (Å²) in [7, 11) is 0. The Labute approximate surface area is 113 Å². The summed E-state index contributed by atoms with van der Waals surface area (Å²) in [4.78, 5) is 8.18. The molecule has 6 heteroatoms. The van der Waals surface area contributed by atoms with E-state index < -0.39 is 0 Å². The zero-order valence-corrected chi connectivity index (χ0v) is 10.8. The summed E-state index contributed by atoms with van der Waals surface area (Å²) in [6.07, 6.45) is 3.03. The van der Waals surface area contributed by atoms with Gasteiger partial charge in [0.15, 0.2) is 5.82 Å². The van der Waals surface area contributed by atoms with Gasteiger partial charge in [-0.25, -0.2) is 9.97 Å². The van der Waals surface area contributed by atoms with Gasteiger partial charge >= 0.3 is 0 Å². The summed E-state index contributed by atoms with van der Waals surface area (Å²) in [5.41, 5.74) is 1.15. The van der Waals surface area contributed by atoms with E-state index in [0.29, 0.717) is 32.0 Å². The molecule has 0 aliphatic rings. The van der Waals surface area contributed by atoms with Crippen LogP contribution in [0.3, 0.4) is 0 Å². The second-order valence-corrected chi connectivity index (χ2v) is 4.57. The lowest BCUT2D eigenvalue weighted by molar-refractivity contribution is 0.281. The van der Waals surface area contributed by atoms with E-state index in [1.807, 2.05) is 0 Å². The predicted octanol–water partition coefficient (Wildman–Crippen LogP) is 3.60. The van der Waals surface area contributed by atoms with Crippen molar-refractivity contribution in [2.45, 2.75) is 6.61 Å². The molecule has 0 bridgehead atoms. The van der Waals surface area contributed by atoms with Crippen LogP contribution in [0, 0.1) is 0 Å². The van der Waals surface area contributed by atoms with Crippen molar-refractivity contribution < 1.29 is 5.11 Å². The first-order valence-electron chi connectivity index (χ1n) is 4.68. The second-order valence-electron chi connectivity index (χ2n) is 3.32. The number of hydrogen-bond donors (Lipinski definition) is 1. The van der Waals surface area contributed by atoms with Gasteiger partial charge in [-0.3, -0.25) is 0 Å². The van der Waals surface area contributed by atoms with Gasteiger partial charge < -0.3 is 5.11 Å². The van der Waals surface area contributed by atoms with Crippen LogP contribution in [0.15, 0.2) is 24.5 Å². The Morgan fingerprint density at radius 3 is 2.00 bits per heavy atom. The van der Waals surface area contributed by atoms with E-state index in [0.717, 1.165) is 0 Å². The molecule has 2 rings (SSSR count). The maximum atomic E-state index is 8.90. The van der Waals surface area contributed by atoms with Crippen LogP contribution in [0.4, 0.5) is 0 Å². The van der Waals surface area contributed by atoms with Gasteiger partial charge in [0, 0.05) is 23.0 Å². The monoisotopic (exact) mass is 288 g/mol. The van der Waals surface area contributed by atoms with Crippen LogP contribution in [0.25, 0.3) is 11.4 Å². The highest BCUT2D eigenvalue weighted by atomic mass is 35.5. The van der Waals surface area contributed by atoms with E-state index >= 15 is 0 Å². The molecule has 0 saturated carbocycles. The highest BCUT2D eigenvalue weighted by Gasteiger charge is 2.12. The largest absolute Gasteiger partial charge is 0.392 e. The highest BCUT2D eigenvalue weighted by Crippen LogP contribution is 2.35. The summed E-state index contributed by atoms with van der Waals surface area (Å²) in [5, 5.41) is 10.1. The summed E-state index contributed by atoms with van der Waals surface area (Å²) in [5.74, 6) is 0.397. The number of aromatic nitrogens is 2. The van der Waals surface area contributed by atoms with Crippen LogP contribution >= 0.6 is 34.8 Å². The van der Waals surface area contributed by atoms with Crippen molar-refractivity contribution in [1.29, 1.82) is 0 Å². The lowest BCUT2D eigenvalue weighted by Crippen LogP contribution is -1.93. The Bertz CT molecular complexity index is 520. The Kier molecular flexibility index (Phi) is 3.84.